The molecule has 1 saturated carbocycles. The first-order valence-corrected chi connectivity index (χ1v) is 12.2. The molecule has 5 rings (SSSR count). The first kappa shape index (κ1) is 24.3. The highest BCUT2D eigenvalue weighted by molar-refractivity contribution is 5.95. The third kappa shape index (κ3) is 5.40. The highest BCUT2D eigenvalue weighted by Gasteiger charge is 2.21. The van der Waals surface area contributed by atoms with Gasteiger partial charge < -0.3 is 24.5 Å². The van der Waals surface area contributed by atoms with Gasteiger partial charge in [0.25, 0.3) is 11.5 Å². The summed E-state index contributed by atoms with van der Waals surface area (Å²) in [5, 5.41) is 6.19. The molecule has 2 aromatic heterocycles. The van der Waals surface area contributed by atoms with Crippen molar-refractivity contribution in [1.82, 2.24) is 19.4 Å². The van der Waals surface area contributed by atoms with Crippen LogP contribution in [-0.4, -0.2) is 33.2 Å². The van der Waals surface area contributed by atoms with Gasteiger partial charge in [0.05, 0.1) is 36.9 Å². The number of halogens is 1. The molecule has 0 spiro atoms. The summed E-state index contributed by atoms with van der Waals surface area (Å²) in [5.41, 5.74) is 3.36. The zero-order valence-corrected chi connectivity index (χ0v) is 20.7. The van der Waals surface area contributed by atoms with E-state index in [1.165, 1.54) is 16.7 Å². The van der Waals surface area contributed by atoms with Crippen LogP contribution >= 0.6 is 0 Å². The monoisotopic (exact) mass is 501 g/mol. The summed E-state index contributed by atoms with van der Waals surface area (Å²) in [6.45, 7) is 2.10. The summed E-state index contributed by atoms with van der Waals surface area (Å²) in [6, 6.07) is 13.2. The minimum Gasteiger partial charge on any atom is -0.494 e. The maximum absolute atomic E-state index is 13.4. The Balaban J connectivity index is 1.49. The Morgan fingerprint density at radius 3 is 2.57 bits per heavy atom. The quantitative estimate of drug-likeness (QED) is 0.369. The molecule has 0 unspecified atom stereocenters. The fraction of sp³-hybridized carbons (Fsp3) is 0.250. The summed E-state index contributed by atoms with van der Waals surface area (Å²) in [5.74, 6) is 0.00672. The molecule has 1 aliphatic carbocycles. The van der Waals surface area contributed by atoms with Crippen molar-refractivity contribution in [3.8, 4) is 11.4 Å². The molecule has 1 amide bonds. The normalized spacial score (nSPS) is 13.2. The maximum atomic E-state index is 13.4. The van der Waals surface area contributed by atoms with Gasteiger partial charge in [-0.2, -0.15) is 0 Å². The number of imidazole rings is 1. The molecule has 190 valence electrons. The second-order valence-corrected chi connectivity index (χ2v) is 9.24. The summed E-state index contributed by atoms with van der Waals surface area (Å²) >= 11 is 0. The summed E-state index contributed by atoms with van der Waals surface area (Å²) in [4.78, 5) is 30.7. The molecule has 2 heterocycles. The van der Waals surface area contributed by atoms with Crippen LogP contribution in [0.15, 0.2) is 72.0 Å². The molecule has 2 N–H and O–H groups in total. The molecule has 2 aromatic carbocycles. The van der Waals surface area contributed by atoms with Crippen LogP contribution in [0.3, 0.4) is 0 Å². The topological polar surface area (TPSA) is 90.2 Å². The van der Waals surface area contributed by atoms with Gasteiger partial charge in [0, 0.05) is 30.2 Å². The fourth-order valence-corrected chi connectivity index (χ4v) is 4.25. The number of rotatable bonds is 8. The first-order valence-electron chi connectivity index (χ1n) is 12.2. The van der Waals surface area contributed by atoms with Crippen molar-refractivity contribution >= 4 is 17.3 Å². The number of hydrogen-bond acceptors (Lipinski definition) is 5. The van der Waals surface area contributed by atoms with Crippen molar-refractivity contribution < 1.29 is 13.9 Å². The largest absolute Gasteiger partial charge is 0.494 e. The van der Waals surface area contributed by atoms with Crippen molar-refractivity contribution in [3.63, 3.8) is 0 Å². The molecule has 0 aliphatic heterocycles. The van der Waals surface area contributed by atoms with Crippen molar-refractivity contribution in [2.24, 2.45) is 0 Å². The number of amides is 1. The number of carbonyl (C=O) groups excluding carboxylic acids is 1. The Bertz CT molecular complexity index is 1490. The molecule has 0 bridgehead atoms. The predicted molar refractivity (Wildman–Crippen MR) is 139 cm³/mol. The third-order valence-corrected chi connectivity index (χ3v) is 6.50. The van der Waals surface area contributed by atoms with E-state index in [9.17, 15) is 14.0 Å². The van der Waals surface area contributed by atoms with Crippen LogP contribution in [0.25, 0.3) is 5.69 Å². The van der Waals surface area contributed by atoms with Crippen LogP contribution in [0, 0.1) is 12.7 Å². The van der Waals surface area contributed by atoms with E-state index in [-0.39, 0.29) is 35.6 Å². The highest BCUT2D eigenvalue weighted by Crippen LogP contribution is 2.28. The Hall–Kier alpha value is -4.40. The van der Waals surface area contributed by atoms with E-state index in [2.05, 4.69) is 15.6 Å². The van der Waals surface area contributed by atoms with E-state index in [0.29, 0.717) is 17.0 Å². The fourth-order valence-electron chi connectivity index (χ4n) is 4.25. The number of ether oxygens (including phenoxy) is 1. The molecule has 9 heteroatoms. The molecule has 0 atom stereocenters. The van der Waals surface area contributed by atoms with Crippen molar-refractivity contribution in [1.29, 1.82) is 0 Å². The second-order valence-electron chi connectivity index (χ2n) is 9.24. The molecule has 8 nitrogen and oxygen atoms in total. The summed E-state index contributed by atoms with van der Waals surface area (Å²) in [7, 11) is 1.58. The minimum absolute atomic E-state index is 0.157. The molecule has 1 fully saturated rings. The zero-order chi connectivity index (χ0) is 25.9. The van der Waals surface area contributed by atoms with Crippen molar-refractivity contribution in [2.45, 2.75) is 38.8 Å². The van der Waals surface area contributed by atoms with Gasteiger partial charge in [-0.05, 0) is 62.1 Å². The number of pyridine rings is 1. The number of anilines is 2. The van der Waals surface area contributed by atoms with Gasteiger partial charge in [-0.15, -0.1) is 0 Å². The lowest BCUT2D eigenvalue weighted by Crippen LogP contribution is -2.40. The Kier molecular flexibility index (Phi) is 6.76. The lowest BCUT2D eigenvalue weighted by molar-refractivity contribution is 0.0916. The Labute approximate surface area is 213 Å². The number of aromatic nitrogens is 3. The van der Waals surface area contributed by atoms with Crippen LogP contribution in [0.4, 0.5) is 15.8 Å². The molecule has 4 aromatic rings. The number of hydrogen-bond donors (Lipinski definition) is 2. The number of benzene rings is 2. The SMILES string of the molecule is COc1cc(Nc2cc(C(=O)NC3CCC3)cn(Cc3ccc(F)cc3)c2=O)ccc1-n1cnc(C)c1. The van der Waals surface area contributed by atoms with Crippen LogP contribution in [0.2, 0.25) is 0 Å². The lowest BCUT2D eigenvalue weighted by Gasteiger charge is -2.26. The van der Waals surface area contributed by atoms with E-state index in [0.717, 1.165) is 36.2 Å². The molecule has 1 aliphatic rings. The van der Waals surface area contributed by atoms with Gasteiger partial charge in [0.2, 0.25) is 0 Å². The van der Waals surface area contributed by atoms with Gasteiger partial charge >= 0.3 is 0 Å². The Morgan fingerprint density at radius 2 is 1.92 bits per heavy atom. The van der Waals surface area contributed by atoms with E-state index >= 15 is 0 Å². The summed E-state index contributed by atoms with van der Waals surface area (Å²) < 4.78 is 22.3. The number of nitrogens with one attached hydrogen (secondary N) is 2. The van der Waals surface area contributed by atoms with E-state index in [1.54, 1.807) is 43.9 Å². The van der Waals surface area contributed by atoms with Gasteiger partial charge in [-0.25, -0.2) is 9.37 Å². The third-order valence-electron chi connectivity index (χ3n) is 6.50. The summed E-state index contributed by atoms with van der Waals surface area (Å²) in [6.07, 6.45) is 8.15. The van der Waals surface area contributed by atoms with E-state index in [4.69, 9.17) is 4.74 Å². The van der Waals surface area contributed by atoms with Crippen LogP contribution in [0.5, 0.6) is 5.75 Å². The number of carbonyl (C=O) groups is 1. The lowest BCUT2D eigenvalue weighted by atomic mass is 9.93. The molecule has 37 heavy (non-hydrogen) atoms. The van der Waals surface area contributed by atoms with E-state index < -0.39 is 0 Å². The molecule has 0 radical (unpaired) electrons. The average Bonchev–Trinajstić information content (AvgIpc) is 3.30. The van der Waals surface area contributed by atoms with E-state index in [1.807, 2.05) is 29.8 Å². The molecule has 0 saturated heterocycles. The van der Waals surface area contributed by atoms with Crippen molar-refractivity contribution in [2.75, 3.05) is 12.4 Å². The number of aryl methyl sites for hydroxylation is 1. The number of nitrogens with zero attached hydrogens (tertiary/aromatic N) is 3. The van der Waals surface area contributed by atoms with Crippen LogP contribution < -0.4 is 20.9 Å². The highest BCUT2D eigenvalue weighted by atomic mass is 19.1. The van der Waals surface area contributed by atoms with Gasteiger partial charge in [-0.1, -0.05) is 12.1 Å². The molecular formula is C28H28FN5O3. The first-order chi connectivity index (χ1) is 17.9. The van der Waals surface area contributed by atoms with Crippen LogP contribution in [0.1, 0.15) is 40.9 Å². The second kappa shape index (κ2) is 10.3. The van der Waals surface area contributed by atoms with Gasteiger partial charge in [-0.3, -0.25) is 9.59 Å². The molecular weight excluding hydrogens is 473 g/mol. The van der Waals surface area contributed by atoms with Crippen molar-refractivity contribution in [3.05, 3.63) is 100 Å². The number of methoxy groups -OCH3 is 1. The van der Waals surface area contributed by atoms with Gasteiger partial charge in [0.1, 0.15) is 17.3 Å². The zero-order valence-electron chi connectivity index (χ0n) is 20.7. The minimum atomic E-state index is -0.352. The van der Waals surface area contributed by atoms with Crippen LogP contribution in [-0.2, 0) is 6.54 Å². The average molecular weight is 502 g/mol. The standard InChI is InChI=1S/C28H28FN5O3/c1-18-14-34(17-30-18)25-11-10-23(13-26(25)37-2)31-24-12-20(27(35)32-22-4-3-5-22)16-33(28(24)36)15-19-6-8-21(29)9-7-19/h6-14,16-17,22,31H,3-5,15H2,1-2H3,(H,32,35). The van der Waals surface area contributed by atoms with Gasteiger partial charge in [0.15, 0.2) is 0 Å². The smallest absolute Gasteiger partial charge is 0.274 e. The predicted octanol–water partition coefficient (Wildman–Crippen LogP) is 4.56. The Morgan fingerprint density at radius 1 is 1.14 bits per heavy atom. The maximum Gasteiger partial charge on any atom is 0.274 e.